The lowest BCUT2D eigenvalue weighted by molar-refractivity contribution is 0.00396. The molecule has 124 valence electrons. The van der Waals surface area contributed by atoms with Crippen molar-refractivity contribution >= 4 is 0 Å². The summed E-state index contributed by atoms with van der Waals surface area (Å²) in [6, 6.07) is 8.51. The molecular formula is C21H24N2O. The van der Waals surface area contributed by atoms with E-state index in [0.29, 0.717) is 12.0 Å². The van der Waals surface area contributed by atoms with Gasteiger partial charge in [-0.2, -0.15) is 5.10 Å². The molecule has 3 heteroatoms. The van der Waals surface area contributed by atoms with Gasteiger partial charge >= 0.3 is 0 Å². The Labute approximate surface area is 144 Å². The monoisotopic (exact) mass is 320 g/mol. The molecule has 2 aliphatic rings. The molecule has 24 heavy (non-hydrogen) atoms. The summed E-state index contributed by atoms with van der Waals surface area (Å²) in [5.74, 6) is 7.28. The van der Waals surface area contributed by atoms with Crippen LogP contribution in [0.15, 0.2) is 30.5 Å². The molecule has 0 bridgehead atoms. The highest BCUT2D eigenvalue weighted by Gasteiger charge is 2.18. The second-order valence-electron chi connectivity index (χ2n) is 6.96. The zero-order chi connectivity index (χ0) is 16.4. The summed E-state index contributed by atoms with van der Waals surface area (Å²) in [5.41, 5.74) is 4.56. The smallest absolute Gasteiger partial charge is 0.0770 e. The first-order chi connectivity index (χ1) is 11.8. The van der Waals surface area contributed by atoms with Crippen LogP contribution in [-0.2, 0) is 11.3 Å². The van der Waals surface area contributed by atoms with Gasteiger partial charge in [-0.15, -0.1) is 0 Å². The maximum absolute atomic E-state index is 5.84. The molecule has 2 heterocycles. The van der Waals surface area contributed by atoms with Gasteiger partial charge in [0.15, 0.2) is 0 Å². The van der Waals surface area contributed by atoms with Gasteiger partial charge in [-0.1, -0.05) is 24.0 Å². The fourth-order valence-electron chi connectivity index (χ4n) is 3.23. The van der Waals surface area contributed by atoms with Gasteiger partial charge in [-0.05, 0) is 56.7 Å². The van der Waals surface area contributed by atoms with E-state index in [0.717, 1.165) is 30.8 Å². The Morgan fingerprint density at radius 2 is 2.17 bits per heavy atom. The van der Waals surface area contributed by atoms with E-state index in [9.17, 15) is 0 Å². The number of rotatable bonds is 3. The number of hydrogen-bond donors (Lipinski definition) is 0. The van der Waals surface area contributed by atoms with E-state index in [1.54, 1.807) is 0 Å². The number of benzene rings is 1. The molecule has 0 amide bonds. The molecule has 1 aromatic carbocycles. The Kier molecular flexibility index (Phi) is 4.40. The third-order valence-electron chi connectivity index (χ3n) is 4.78. The van der Waals surface area contributed by atoms with Gasteiger partial charge in [0.2, 0.25) is 0 Å². The summed E-state index contributed by atoms with van der Waals surface area (Å²) < 4.78 is 7.88. The van der Waals surface area contributed by atoms with Gasteiger partial charge in [0.05, 0.1) is 18.3 Å². The van der Waals surface area contributed by atoms with Gasteiger partial charge in [-0.25, -0.2) is 0 Å². The van der Waals surface area contributed by atoms with Crippen molar-refractivity contribution in [2.24, 2.45) is 5.92 Å². The van der Waals surface area contributed by atoms with Crippen LogP contribution in [0.1, 0.15) is 43.4 Å². The molecule has 3 nitrogen and oxygen atoms in total. The molecule has 1 aliphatic carbocycles. The van der Waals surface area contributed by atoms with Crippen LogP contribution in [0.4, 0.5) is 0 Å². The van der Waals surface area contributed by atoms with Crippen LogP contribution in [-0.4, -0.2) is 22.5 Å². The number of hydrogen-bond acceptors (Lipinski definition) is 2. The van der Waals surface area contributed by atoms with Crippen molar-refractivity contribution in [3.8, 4) is 23.0 Å². The summed E-state index contributed by atoms with van der Waals surface area (Å²) in [5, 5.41) is 4.70. The Morgan fingerprint density at radius 3 is 2.96 bits per heavy atom. The highest BCUT2D eigenvalue weighted by molar-refractivity contribution is 5.67. The van der Waals surface area contributed by atoms with Gasteiger partial charge in [0.1, 0.15) is 0 Å². The van der Waals surface area contributed by atoms with E-state index in [2.05, 4.69) is 49.2 Å². The predicted molar refractivity (Wildman–Crippen MR) is 95.6 cm³/mol. The minimum absolute atomic E-state index is 0.307. The van der Waals surface area contributed by atoms with Gasteiger partial charge in [-0.3, -0.25) is 4.68 Å². The minimum atomic E-state index is 0.307. The lowest BCUT2D eigenvalue weighted by atomic mass is 10.0. The first-order valence-corrected chi connectivity index (χ1v) is 9.05. The Hall–Kier alpha value is -2.05. The molecule has 0 radical (unpaired) electrons. The third kappa shape index (κ3) is 3.71. The van der Waals surface area contributed by atoms with E-state index < -0.39 is 0 Å². The van der Waals surface area contributed by atoms with Crippen molar-refractivity contribution in [2.75, 3.05) is 6.61 Å². The average molecular weight is 320 g/mol. The zero-order valence-electron chi connectivity index (χ0n) is 14.3. The molecule has 1 aromatic heterocycles. The first-order valence-electron chi connectivity index (χ1n) is 9.05. The van der Waals surface area contributed by atoms with Crippen LogP contribution in [0.2, 0.25) is 0 Å². The molecule has 0 spiro atoms. The van der Waals surface area contributed by atoms with Gasteiger partial charge < -0.3 is 4.74 Å². The summed E-state index contributed by atoms with van der Waals surface area (Å²) in [6.07, 6.45) is 8.58. The Bertz CT molecular complexity index is 771. The molecule has 1 atom stereocenters. The fourth-order valence-corrected chi connectivity index (χ4v) is 3.23. The maximum atomic E-state index is 5.84. The van der Waals surface area contributed by atoms with Gasteiger partial charge in [0.25, 0.3) is 0 Å². The number of aromatic nitrogens is 2. The maximum Gasteiger partial charge on any atom is 0.0770 e. The molecule has 1 saturated carbocycles. The Morgan fingerprint density at radius 1 is 1.25 bits per heavy atom. The van der Waals surface area contributed by atoms with Crippen LogP contribution in [0.25, 0.3) is 11.1 Å². The van der Waals surface area contributed by atoms with E-state index in [4.69, 9.17) is 9.84 Å². The molecule has 2 aromatic rings. The first kappa shape index (κ1) is 15.5. The number of aryl methyl sites for hydroxylation is 1. The lowest BCUT2D eigenvalue weighted by Crippen LogP contribution is -2.24. The predicted octanol–water partition coefficient (Wildman–Crippen LogP) is 4.19. The van der Waals surface area contributed by atoms with Gasteiger partial charge in [0, 0.05) is 29.8 Å². The summed E-state index contributed by atoms with van der Waals surface area (Å²) in [4.78, 5) is 0. The van der Waals surface area contributed by atoms with Crippen molar-refractivity contribution < 1.29 is 4.74 Å². The standard InChI is InChI=1S/C21H24N2O/c1-16-21(15-23(22-16)14-20-7-2-3-12-24-20)19-6-4-5-18(13-19)11-10-17-8-9-17/h4-6,13,15,17,20H,2-3,7-9,12,14H2,1H3. The molecule has 1 aliphatic heterocycles. The average Bonchev–Trinajstić information content (AvgIpc) is 3.37. The van der Waals surface area contributed by atoms with Crippen molar-refractivity contribution in [1.29, 1.82) is 0 Å². The third-order valence-corrected chi connectivity index (χ3v) is 4.78. The molecule has 2 fully saturated rings. The highest BCUT2D eigenvalue weighted by Crippen LogP contribution is 2.28. The van der Waals surface area contributed by atoms with E-state index in [1.165, 1.54) is 36.8 Å². The Balaban J connectivity index is 1.53. The normalized spacial score (nSPS) is 20.5. The number of nitrogens with zero attached hydrogens (tertiary/aromatic N) is 2. The largest absolute Gasteiger partial charge is 0.376 e. The van der Waals surface area contributed by atoms with E-state index >= 15 is 0 Å². The van der Waals surface area contributed by atoms with Crippen LogP contribution in [0.5, 0.6) is 0 Å². The summed E-state index contributed by atoms with van der Waals surface area (Å²) >= 11 is 0. The minimum Gasteiger partial charge on any atom is -0.376 e. The van der Waals surface area contributed by atoms with Crippen molar-refractivity contribution in [1.82, 2.24) is 9.78 Å². The summed E-state index contributed by atoms with van der Waals surface area (Å²) in [6.45, 7) is 3.82. The molecule has 4 rings (SSSR count). The second-order valence-corrected chi connectivity index (χ2v) is 6.96. The van der Waals surface area contributed by atoms with Crippen LogP contribution >= 0.6 is 0 Å². The van der Waals surface area contributed by atoms with E-state index in [-0.39, 0.29) is 0 Å². The van der Waals surface area contributed by atoms with Crippen molar-refractivity contribution in [3.63, 3.8) is 0 Å². The second kappa shape index (κ2) is 6.83. The molecular weight excluding hydrogens is 296 g/mol. The molecule has 0 N–H and O–H groups in total. The SMILES string of the molecule is Cc1nn(CC2CCCCO2)cc1-c1cccc(C#CC2CC2)c1. The zero-order valence-corrected chi connectivity index (χ0v) is 14.3. The van der Waals surface area contributed by atoms with Crippen LogP contribution in [0.3, 0.4) is 0 Å². The molecule has 1 unspecified atom stereocenters. The van der Waals surface area contributed by atoms with Crippen molar-refractivity contribution in [3.05, 3.63) is 41.7 Å². The number of ether oxygens (including phenoxy) is 1. The highest BCUT2D eigenvalue weighted by atomic mass is 16.5. The topological polar surface area (TPSA) is 27.1 Å². The van der Waals surface area contributed by atoms with Crippen LogP contribution in [0, 0.1) is 24.7 Å². The quantitative estimate of drug-likeness (QED) is 0.793. The van der Waals surface area contributed by atoms with E-state index in [1.807, 2.05) is 4.68 Å². The fraction of sp³-hybridized carbons (Fsp3) is 0.476. The molecule has 1 saturated heterocycles. The van der Waals surface area contributed by atoms with Crippen molar-refractivity contribution in [2.45, 2.75) is 51.7 Å². The van der Waals surface area contributed by atoms with Crippen LogP contribution < -0.4 is 0 Å². The lowest BCUT2D eigenvalue weighted by Gasteiger charge is -2.22. The summed E-state index contributed by atoms with van der Waals surface area (Å²) in [7, 11) is 0.